The zero-order valence-corrected chi connectivity index (χ0v) is 10.8. The minimum atomic E-state index is -0.275. The van der Waals surface area contributed by atoms with Crippen molar-refractivity contribution in [1.29, 1.82) is 0 Å². The van der Waals surface area contributed by atoms with Gasteiger partial charge in [-0.2, -0.15) is 0 Å². The Morgan fingerprint density at radius 2 is 2.19 bits per heavy atom. The highest BCUT2D eigenvalue weighted by atomic mass is 35.5. The first-order chi connectivity index (χ1) is 7.44. The SMILES string of the molecule is CCOC(C)(C)CNc1nnc(C(C)Cl)o1. The summed E-state index contributed by atoms with van der Waals surface area (Å²) in [6, 6.07) is 0.371. The van der Waals surface area contributed by atoms with Gasteiger partial charge in [0.05, 0.1) is 5.60 Å². The van der Waals surface area contributed by atoms with Crippen molar-refractivity contribution in [3.05, 3.63) is 5.89 Å². The van der Waals surface area contributed by atoms with E-state index in [4.69, 9.17) is 20.8 Å². The fourth-order valence-corrected chi connectivity index (χ4v) is 1.29. The normalized spacial score (nSPS) is 13.8. The second kappa shape index (κ2) is 5.50. The number of halogens is 1. The molecule has 1 atom stereocenters. The number of anilines is 1. The molecule has 0 bridgehead atoms. The highest BCUT2D eigenvalue weighted by molar-refractivity contribution is 6.20. The van der Waals surface area contributed by atoms with Gasteiger partial charge < -0.3 is 14.5 Å². The lowest BCUT2D eigenvalue weighted by molar-refractivity contribution is 0.000340. The van der Waals surface area contributed by atoms with Gasteiger partial charge in [0.2, 0.25) is 5.89 Å². The molecule has 0 spiro atoms. The average molecular weight is 248 g/mol. The Bertz CT molecular complexity index is 326. The van der Waals surface area contributed by atoms with Crippen LogP contribution in [0.1, 0.15) is 39.0 Å². The van der Waals surface area contributed by atoms with E-state index in [0.717, 1.165) is 0 Å². The van der Waals surface area contributed by atoms with Gasteiger partial charge in [-0.05, 0) is 27.7 Å². The summed E-state index contributed by atoms with van der Waals surface area (Å²) in [5.41, 5.74) is -0.268. The Kier molecular flexibility index (Phi) is 4.56. The molecule has 5 nitrogen and oxygen atoms in total. The lowest BCUT2D eigenvalue weighted by Gasteiger charge is -2.24. The molecule has 1 rings (SSSR count). The second-order valence-electron chi connectivity index (χ2n) is 4.11. The van der Waals surface area contributed by atoms with Crippen molar-refractivity contribution in [3.8, 4) is 0 Å². The smallest absolute Gasteiger partial charge is 0.315 e. The summed E-state index contributed by atoms with van der Waals surface area (Å²) < 4.78 is 10.8. The fraction of sp³-hybridized carbons (Fsp3) is 0.800. The molecule has 0 saturated carbocycles. The van der Waals surface area contributed by atoms with Crippen molar-refractivity contribution in [3.63, 3.8) is 0 Å². The number of nitrogens with zero attached hydrogens (tertiary/aromatic N) is 2. The Balaban J connectivity index is 2.48. The molecule has 6 heteroatoms. The molecule has 1 N–H and O–H groups in total. The molecule has 0 aliphatic rings. The summed E-state index contributed by atoms with van der Waals surface area (Å²) in [5, 5.41) is 10.4. The van der Waals surface area contributed by atoms with Gasteiger partial charge in [-0.3, -0.25) is 0 Å². The van der Waals surface area contributed by atoms with E-state index < -0.39 is 0 Å². The zero-order chi connectivity index (χ0) is 12.2. The number of ether oxygens (including phenoxy) is 1. The number of nitrogens with one attached hydrogen (secondary N) is 1. The Hall–Kier alpha value is -0.810. The van der Waals surface area contributed by atoms with Crippen LogP contribution in [-0.4, -0.2) is 29.0 Å². The topological polar surface area (TPSA) is 60.2 Å². The first-order valence-corrected chi connectivity index (χ1v) is 5.73. The van der Waals surface area contributed by atoms with Crippen molar-refractivity contribution >= 4 is 17.6 Å². The zero-order valence-electron chi connectivity index (χ0n) is 10.1. The van der Waals surface area contributed by atoms with Gasteiger partial charge in [0.15, 0.2) is 0 Å². The first kappa shape index (κ1) is 13.3. The van der Waals surface area contributed by atoms with Gasteiger partial charge in [0.1, 0.15) is 5.38 Å². The molecule has 1 heterocycles. The van der Waals surface area contributed by atoms with Crippen molar-refractivity contribution in [1.82, 2.24) is 10.2 Å². The van der Waals surface area contributed by atoms with Crippen LogP contribution in [0.2, 0.25) is 0 Å². The van der Waals surface area contributed by atoms with Gasteiger partial charge in [0, 0.05) is 13.2 Å². The summed E-state index contributed by atoms with van der Waals surface area (Å²) in [4.78, 5) is 0. The lowest BCUT2D eigenvalue weighted by Crippen LogP contribution is -2.33. The highest BCUT2D eigenvalue weighted by Gasteiger charge is 2.19. The third kappa shape index (κ3) is 3.98. The van der Waals surface area contributed by atoms with E-state index in [1.807, 2.05) is 20.8 Å². The van der Waals surface area contributed by atoms with Gasteiger partial charge in [-0.25, -0.2) is 0 Å². The molecule has 0 aliphatic heterocycles. The first-order valence-electron chi connectivity index (χ1n) is 5.30. The van der Waals surface area contributed by atoms with Gasteiger partial charge in [0.25, 0.3) is 0 Å². The highest BCUT2D eigenvalue weighted by Crippen LogP contribution is 2.19. The van der Waals surface area contributed by atoms with E-state index in [1.165, 1.54) is 0 Å². The van der Waals surface area contributed by atoms with Crippen LogP contribution in [0.15, 0.2) is 4.42 Å². The Labute approximate surface area is 101 Å². The molecule has 92 valence electrons. The standard InChI is InChI=1S/C10H18ClN3O2/c1-5-15-10(3,4)6-12-9-14-13-8(16-9)7(2)11/h7H,5-6H2,1-4H3,(H,12,14). The number of aromatic nitrogens is 2. The molecule has 16 heavy (non-hydrogen) atoms. The monoisotopic (exact) mass is 247 g/mol. The summed E-state index contributed by atoms with van der Waals surface area (Å²) in [6.07, 6.45) is 0. The summed E-state index contributed by atoms with van der Waals surface area (Å²) in [5.74, 6) is 0.415. The van der Waals surface area contributed by atoms with Crippen LogP contribution in [0.5, 0.6) is 0 Å². The third-order valence-corrected chi connectivity index (χ3v) is 2.17. The molecule has 0 fully saturated rings. The van der Waals surface area contributed by atoms with Gasteiger partial charge >= 0.3 is 6.01 Å². The fourth-order valence-electron chi connectivity index (χ4n) is 1.20. The van der Waals surface area contributed by atoms with E-state index in [-0.39, 0.29) is 11.0 Å². The van der Waals surface area contributed by atoms with E-state index in [9.17, 15) is 0 Å². The van der Waals surface area contributed by atoms with E-state index in [0.29, 0.717) is 25.1 Å². The molecule has 0 aromatic carbocycles. The quantitative estimate of drug-likeness (QED) is 0.783. The lowest BCUT2D eigenvalue weighted by atomic mass is 10.1. The van der Waals surface area contributed by atoms with Crippen LogP contribution in [-0.2, 0) is 4.74 Å². The molecule has 0 aliphatic carbocycles. The van der Waals surface area contributed by atoms with Crippen molar-refractivity contribution < 1.29 is 9.15 Å². The van der Waals surface area contributed by atoms with Crippen molar-refractivity contribution in [2.45, 2.75) is 38.7 Å². The maximum absolute atomic E-state index is 5.81. The van der Waals surface area contributed by atoms with Crippen LogP contribution < -0.4 is 5.32 Å². The minimum Gasteiger partial charge on any atom is -0.407 e. The van der Waals surface area contributed by atoms with Crippen LogP contribution in [0, 0.1) is 0 Å². The Morgan fingerprint density at radius 3 is 2.69 bits per heavy atom. The summed E-state index contributed by atoms with van der Waals surface area (Å²) in [7, 11) is 0. The average Bonchev–Trinajstić information content (AvgIpc) is 2.63. The predicted octanol–water partition coefficient (Wildman–Crippen LogP) is 2.60. The number of hydrogen-bond donors (Lipinski definition) is 1. The molecule has 1 aromatic heterocycles. The molecule has 1 unspecified atom stereocenters. The second-order valence-corrected chi connectivity index (χ2v) is 4.76. The van der Waals surface area contributed by atoms with E-state index >= 15 is 0 Å². The van der Waals surface area contributed by atoms with Crippen LogP contribution in [0.25, 0.3) is 0 Å². The van der Waals surface area contributed by atoms with Gasteiger partial charge in [-0.1, -0.05) is 5.10 Å². The molecular formula is C10H18ClN3O2. The minimum absolute atomic E-state index is 0.268. The van der Waals surface area contributed by atoms with E-state index in [1.54, 1.807) is 6.92 Å². The Morgan fingerprint density at radius 1 is 1.50 bits per heavy atom. The molecular weight excluding hydrogens is 230 g/mol. The molecule has 0 amide bonds. The van der Waals surface area contributed by atoms with Crippen molar-refractivity contribution in [2.75, 3.05) is 18.5 Å². The summed E-state index contributed by atoms with van der Waals surface area (Å²) in [6.45, 7) is 8.99. The summed E-state index contributed by atoms with van der Waals surface area (Å²) >= 11 is 5.81. The largest absolute Gasteiger partial charge is 0.407 e. The predicted molar refractivity (Wildman–Crippen MR) is 62.8 cm³/mol. The maximum Gasteiger partial charge on any atom is 0.315 e. The number of hydrogen-bond acceptors (Lipinski definition) is 5. The number of alkyl halides is 1. The van der Waals surface area contributed by atoms with Gasteiger partial charge in [-0.15, -0.1) is 16.7 Å². The molecule has 1 aromatic rings. The molecule has 0 saturated heterocycles. The third-order valence-electron chi connectivity index (χ3n) is 1.98. The number of rotatable bonds is 6. The van der Waals surface area contributed by atoms with Crippen molar-refractivity contribution in [2.24, 2.45) is 0 Å². The van der Waals surface area contributed by atoms with Crippen LogP contribution in [0.3, 0.4) is 0 Å². The van der Waals surface area contributed by atoms with Crippen LogP contribution in [0.4, 0.5) is 6.01 Å². The maximum atomic E-state index is 5.81. The molecule has 0 radical (unpaired) electrons. The van der Waals surface area contributed by atoms with Crippen LogP contribution >= 0.6 is 11.6 Å². The van der Waals surface area contributed by atoms with E-state index in [2.05, 4.69) is 15.5 Å².